The van der Waals surface area contributed by atoms with E-state index < -0.39 is 0 Å². The standard InChI is InChI=1S/C6H14N.Y/c1-6(2)4-5-7-3;/h6H,4-5H2,1-3H3;/q-1;. The second-order valence-electron chi connectivity index (χ2n) is 2.22. The van der Waals surface area contributed by atoms with Crippen LogP contribution in [0.1, 0.15) is 20.3 Å². The van der Waals surface area contributed by atoms with Crippen LogP contribution in [0.25, 0.3) is 5.32 Å². The molecule has 0 fully saturated rings. The van der Waals surface area contributed by atoms with E-state index in [0.717, 1.165) is 12.5 Å². The Morgan fingerprint density at radius 2 is 1.88 bits per heavy atom. The molecular formula is C6H14NY-. The van der Waals surface area contributed by atoms with Gasteiger partial charge in [0.15, 0.2) is 0 Å². The first-order chi connectivity index (χ1) is 3.27. The van der Waals surface area contributed by atoms with Crippen molar-refractivity contribution in [3.8, 4) is 0 Å². The minimum Gasteiger partial charge on any atom is -0.665 e. The molecule has 1 radical (unpaired) electrons. The van der Waals surface area contributed by atoms with Crippen LogP contribution in [0.5, 0.6) is 0 Å². The largest absolute Gasteiger partial charge is 0.665 e. The van der Waals surface area contributed by atoms with Crippen molar-refractivity contribution in [2.75, 3.05) is 13.6 Å². The Kier molecular flexibility index (Phi) is 11.9. The summed E-state index contributed by atoms with van der Waals surface area (Å²) in [7, 11) is 1.86. The van der Waals surface area contributed by atoms with Crippen molar-refractivity contribution in [1.82, 2.24) is 0 Å². The topological polar surface area (TPSA) is 14.1 Å². The molecule has 0 N–H and O–H groups in total. The van der Waals surface area contributed by atoms with Gasteiger partial charge >= 0.3 is 0 Å². The first-order valence-electron chi connectivity index (χ1n) is 2.83. The van der Waals surface area contributed by atoms with Gasteiger partial charge in [0.1, 0.15) is 0 Å². The fraction of sp³-hybridized carbons (Fsp3) is 1.00. The van der Waals surface area contributed by atoms with Crippen LogP contribution in [0.3, 0.4) is 0 Å². The fourth-order valence-corrected chi connectivity index (χ4v) is 0.387. The van der Waals surface area contributed by atoms with Crippen LogP contribution in [0, 0.1) is 5.92 Å². The van der Waals surface area contributed by atoms with E-state index in [1.807, 2.05) is 7.05 Å². The van der Waals surface area contributed by atoms with Gasteiger partial charge in [-0.25, -0.2) is 0 Å². The average Bonchev–Trinajstić information content (AvgIpc) is 1.61. The number of hydrogen-bond acceptors (Lipinski definition) is 0. The summed E-state index contributed by atoms with van der Waals surface area (Å²) in [5.41, 5.74) is 0. The van der Waals surface area contributed by atoms with Gasteiger partial charge in [-0.15, -0.1) is 6.54 Å². The SMILES string of the molecule is C[N-]CCC(C)C.[Y]. The maximum absolute atomic E-state index is 3.98. The van der Waals surface area contributed by atoms with Gasteiger partial charge in [0.25, 0.3) is 0 Å². The molecule has 0 aromatic heterocycles. The molecule has 0 aliphatic rings. The quantitative estimate of drug-likeness (QED) is 0.644. The van der Waals surface area contributed by atoms with Gasteiger partial charge in [-0.2, -0.15) is 7.05 Å². The molecule has 0 bridgehead atoms. The maximum atomic E-state index is 3.98. The van der Waals surface area contributed by atoms with Gasteiger partial charge in [0.2, 0.25) is 0 Å². The summed E-state index contributed by atoms with van der Waals surface area (Å²) in [6.07, 6.45) is 1.23. The summed E-state index contributed by atoms with van der Waals surface area (Å²) in [5, 5.41) is 3.98. The van der Waals surface area contributed by atoms with Crippen molar-refractivity contribution in [2.45, 2.75) is 20.3 Å². The van der Waals surface area contributed by atoms with Crippen LogP contribution in [0.4, 0.5) is 0 Å². The third kappa shape index (κ3) is 10.1. The fourth-order valence-electron chi connectivity index (χ4n) is 0.387. The molecule has 8 heavy (non-hydrogen) atoms. The predicted molar refractivity (Wildman–Crippen MR) is 33.6 cm³/mol. The zero-order valence-electron chi connectivity index (χ0n) is 6.02. The van der Waals surface area contributed by atoms with Gasteiger partial charge < -0.3 is 5.32 Å². The Morgan fingerprint density at radius 3 is 2.00 bits per heavy atom. The van der Waals surface area contributed by atoms with Crippen molar-refractivity contribution in [2.24, 2.45) is 5.92 Å². The van der Waals surface area contributed by atoms with Crippen molar-refractivity contribution >= 4 is 0 Å². The normalized spacial score (nSPS) is 9.00. The smallest absolute Gasteiger partial charge is 0 e. The summed E-state index contributed by atoms with van der Waals surface area (Å²) < 4.78 is 0. The van der Waals surface area contributed by atoms with E-state index in [9.17, 15) is 0 Å². The van der Waals surface area contributed by atoms with Gasteiger partial charge in [-0.05, 0) is 5.92 Å². The molecule has 0 aromatic rings. The molecule has 0 aliphatic carbocycles. The minimum absolute atomic E-state index is 0. The molecule has 0 unspecified atom stereocenters. The second kappa shape index (κ2) is 8.06. The molecule has 0 atom stereocenters. The number of nitrogens with zero attached hydrogens (tertiary/aromatic N) is 1. The van der Waals surface area contributed by atoms with E-state index >= 15 is 0 Å². The Balaban J connectivity index is 0. The van der Waals surface area contributed by atoms with Gasteiger partial charge in [-0.3, -0.25) is 0 Å². The van der Waals surface area contributed by atoms with Gasteiger partial charge in [0.05, 0.1) is 0 Å². The van der Waals surface area contributed by atoms with E-state index in [4.69, 9.17) is 0 Å². The van der Waals surface area contributed by atoms with Gasteiger partial charge in [0, 0.05) is 32.7 Å². The predicted octanol–water partition coefficient (Wildman–Crippen LogP) is 2.03. The zero-order chi connectivity index (χ0) is 5.70. The minimum atomic E-state index is 0. The van der Waals surface area contributed by atoms with Crippen molar-refractivity contribution in [3.05, 3.63) is 5.32 Å². The van der Waals surface area contributed by atoms with Crippen LogP contribution >= 0.6 is 0 Å². The Bertz CT molecular complexity index is 37.5. The van der Waals surface area contributed by atoms with E-state index in [-0.39, 0.29) is 32.7 Å². The van der Waals surface area contributed by atoms with Crippen molar-refractivity contribution in [1.29, 1.82) is 0 Å². The molecule has 0 amide bonds. The summed E-state index contributed by atoms with van der Waals surface area (Å²) in [4.78, 5) is 0. The molecule has 0 rings (SSSR count). The third-order valence-electron chi connectivity index (χ3n) is 0.930. The molecule has 0 aromatic carbocycles. The summed E-state index contributed by atoms with van der Waals surface area (Å²) in [6, 6.07) is 0. The molecule has 0 saturated heterocycles. The molecule has 0 spiro atoms. The number of rotatable bonds is 3. The van der Waals surface area contributed by atoms with Crippen molar-refractivity contribution < 1.29 is 32.7 Å². The van der Waals surface area contributed by atoms with Crippen LogP contribution in [-0.2, 0) is 32.7 Å². The van der Waals surface area contributed by atoms with E-state index in [0.29, 0.717) is 0 Å². The third-order valence-corrected chi connectivity index (χ3v) is 0.930. The first kappa shape index (κ1) is 11.8. The molecule has 0 aliphatic heterocycles. The molecule has 1 nitrogen and oxygen atoms in total. The van der Waals surface area contributed by atoms with Gasteiger partial charge in [-0.1, -0.05) is 20.3 Å². The second-order valence-corrected chi connectivity index (χ2v) is 2.22. The summed E-state index contributed by atoms with van der Waals surface area (Å²) in [5.74, 6) is 0.809. The van der Waals surface area contributed by atoms with Crippen molar-refractivity contribution in [3.63, 3.8) is 0 Å². The average molecular weight is 189 g/mol. The zero-order valence-corrected chi connectivity index (χ0v) is 8.85. The first-order valence-corrected chi connectivity index (χ1v) is 2.83. The molecular weight excluding hydrogens is 175 g/mol. The molecule has 0 saturated carbocycles. The Labute approximate surface area is 77.5 Å². The Morgan fingerprint density at radius 1 is 1.38 bits per heavy atom. The van der Waals surface area contributed by atoms with Crippen LogP contribution < -0.4 is 0 Å². The van der Waals surface area contributed by atoms with E-state index in [1.165, 1.54) is 6.42 Å². The monoisotopic (exact) mass is 189 g/mol. The maximum Gasteiger partial charge on any atom is 0 e. The van der Waals surface area contributed by atoms with Crippen LogP contribution in [-0.4, -0.2) is 13.6 Å². The molecule has 0 heterocycles. The summed E-state index contributed by atoms with van der Waals surface area (Å²) in [6.45, 7) is 5.45. The van der Waals surface area contributed by atoms with Crippen LogP contribution in [0.2, 0.25) is 0 Å². The molecule has 2 heteroatoms. The number of hydrogen-bond donors (Lipinski definition) is 0. The Hall–Kier alpha value is 1.06. The summed E-state index contributed by atoms with van der Waals surface area (Å²) >= 11 is 0. The van der Waals surface area contributed by atoms with E-state index in [2.05, 4.69) is 19.2 Å². The van der Waals surface area contributed by atoms with E-state index in [1.54, 1.807) is 0 Å². The molecule has 47 valence electrons. The van der Waals surface area contributed by atoms with Crippen LogP contribution in [0.15, 0.2) is 0 Å².